The molecule has 12 rings (SSSR count). The third-order valence-electron chi connectivity index (χ3n) is 11.7. The number of hydrogen-bond donors (Lipinski definition) is 0. The van der Waals surface area contributed by atoms with Crippen LogP contribution in [0.25, 0.3) is 110 Å². The van der Waals surface area contributed by atoms with Gasteiger partial charge in [0, 0.05) is 32.5 Å². The highest BCUT2D eigenvalue weighted by Gasteiger charge is 2.21. The Morgan fingerprint density at radius 2 is 0.737 bits per heavy atom. The molecule has 12 aromatic rings. The molecule has 9 aromatic carbocycles. The van der Waals surface area contributed by atoms with E-state index in [-0.39, 0.29) is 0 Å². The molecule has 0 fully saturated rings. The number of benzene rings is 9. The van der Waals surface area contributed by atoms with E-state index in [2.05, 4.69) is 215 Å². The second-order valence-electron chi connectivity index (χ2n) is 14.8. The molecule has 0 spiro atoms. The monoisotopic (exact) mass is 726 g/mol. The molecule has 3 nitrogen and oxygen atoms in total. The zero-order valence-electron chi connectivity index (χ0n) is 30.9. The number of furan rings is 1. The summed E-state index contributed by atoms with van der Waals surface area (Å²) in [5, 5.41) is 7.17. The molecule has 3 aromatic heterocycles. The van der Waals surface area contributed by atoms with Crippen molar-refractivity contribution in [3.8, 4) is 44.8 Å². The summed E-state index contributed by atoms with van der Waals surface area (Å²) in [6, 6.07) is 74.3. The van der Waals surface area contributed by atoms with Crippen LogP contribution in [0.1, 0.15) is 0 Å². The SMILES string of the molecule is c1ccc(-c2ccccc2-n2c3ccccc3c3cc(-c4ccc5c(c4)c4ccccc4n5-c4cccc5oc6cccc(-c7ccccc7)c6c45)ccc32)cc1. The molecule has 0 aliphatic rings. The minimum absolute atomic E-state index is 0.882. The van der Waals surface area contributed by atoms with Gasteiger partial charge in [0.05, 0.1) is 38.8 Å². The predicted molar refractivity (Wildman–Crippen MR) is 239 cm³/mol. The van der Waals surface area contributed by atoms with Crippen molar-refractivity contribution in [1.82, 2.24) is 9.13 Å². The summed E-state index contributed by atoms with van der Waals surface area (Å²) in [5.74, 6) is 0. The smallest absolute Gasteiger partial charge is 0.137 e. The molecule has 3 heteroatoms. The Labute approximate surface area is 328 Å². The maximum atomic E-state index is 6.56. The van der Waals surface area contributed by atoms with Crippen molar-refractivity contribution in [3.63, 3.8) is 0 Å². The van der Waals surface area contributed by atoms with Gasteiger partial charge in [0.2, 0.25) is 0 Å². The van der Waals surface area contributed by atoms with Gasteiger partial charge in [-0.15, -0.1) is 0 Å². The second kappa shape index (κ2) is 12.5. The lowest BCUT2D eigenvalue weighted by atomic mass is 9.98. The van der Waals surface area contributed by atoms with Crippen molar-refractivity contribution in [3.05, 3.63) is 206 Å². The fraction of sp³-hybridized carbons (Fsp3) is 0. The summed E-state index contributed by atoms with van der Waals surface area (Å²) in [4.78, 5) is 0. The Kier molecular flexibility index (Phi) is 6.93. The van der Waals surface area contributed by atoms with Crippen molar-refractivity contribution in [2.24, 2.45) is 0 Å². The topological polar surface area (TPSA) is 23.0 Å². The molecule has 0 atom stereocenters. The first-order valence-electron chi connectivity index (χ1n) is 19.5. The van der Waals surface area contributed by atoms with Crippen molar-refractivity contribution >= 4 is 65.6 Å². The van der Waals surface area contributed by atoms with E-state index in [1.165, 1.54) is 77.2 Å². The number of para-hydroxylation sites is 3. The molecule has 57 heavy (non-hydrogen) atoms. The highest BCUT2D eigenvalue weighted by atomic mass is 16.3. The fourth-order valence-electron chi connectivity index (χ4n) is 9.25. The first-order chi connectivity index (χ1) is 28.3. The molecule has 0 saturated heterocycles. The van der Waals surface area contributed by atoms with E-state index in [1.807, 2.05) is 0 Å². The van der Waals surface area contributed by atoms with Gasteiger partial charge in [0.15, 0.2) is 0 Å². The Bertz CT molecular complexity index is 3510. The molecule has 0 saturated carbocycles. The summed E-state index contributed by atoms with van der Waals surface area (Å²) < 4.78 is 11.4. The highest BCUT2D eigenvalue weighted by molar-refractivity contribution is 6.18. The van der Waals surface area contributed by atoms with Crippen molar-refractivity contribution in [2.75, 3.05) is 0 Å². The van der Waals surface area contributed by atoms with Crippen LogP contribution in [-0.2, 0) is 0 Å². The highest BCUT2D eigenvalue weighted by Crippen LogP contribution is 2.43. The van der Waals surface area contributed by atoms with Gasteiger partial charge in [-0.05, 0) is 88.5 Å². The standard InChI is InChI=1S/C54H34N2O/c1-3-15-35(16-4-1)39-19-7-10-23-45(39)55-46-24-11-8-20-41(46)43-33-37(29-31-48(43)55)38-30-32-49-44(34-38)42-21-9-12-25-47(42)56(49)50-26-14-28-52-54(50)53-40(22-13-27-51(53)57-52)36-17-5-2-6-18-36/h1-34H. The zero-order valence-corrected chi connectivity index (χ0v) is 30.9. The summed E-state index contributed by atoms with van der Waals surface area (Å²) in [6.07, 6.45) is 0. The molecule has 0 radical (unpaired) electrons. The number of rotatable bonds is 5. The average Bonchev–Trinajstić information content (AvgIpc) is 3.94. The van der Waals surface area contributed by atoms with Gasteiger partial charge in [0.25, 0.3) is 0 Å². The lowest BCUT2D eigenvalue weighted by Crippen LogP contribution is -1.97. The molecule has 0 amide bonds. The zero-order chi connectivity index (χ0) is 37.5. The first kappa shape index (κ1) is 31.7. The van der Waals surface area contributed by atoms with Crippen LogP contribution >= 0.6 is 0 Å². The third-order valence-corrected chi connectivity index (χ3v) is 11.7. The Balaban J connectivity index is 1.06. The maximum Gasteiger partial charge on any atom is 0.137 e. The van der Waals surface area contributed by atoms with Crippen LogP contribution in [0.2, 0.25) is 0 Å². The average molecular weight is 727 g/mol. The minimum Gasteiger partial charge on any atom is -0.456 e. The summed E-state index contributed by atoms with van der Waals surface area (Å²) in [5.41, 5.74) is 15.9. The van der Waals surface area contributed by atoms with E-state index in [0.29, 0.717) is 0 Å². The van der Waals surface area contributed by atoms with E-state index in [9.17, 15) is 0 Å². The largest absolute Gasteiger partial charge is 0.456 e. The third kappa shape index (κ3) is 4.79. The van der Waals surface area contributed by atoms with Crippen LogP contribution in [0.3, 0.4) is 0 Å². The summed E-state index contributed by atoms with van der Waals surface area (Å²) >= 11 is 0. The van der Waals surface area contributed by atoms with E-state index in [4.69, 9.17) is 4.42 Å². The molecule has 0 aliphatic carbocycles. The lowest BCUT2D eigenvalue weighted by molar-refractivity contribution is 0.669. The number of nitrogens with zero attached hydrogens (tertiary/aromatic N) is 2. The summed E-state index contributed by atoms with van der Waals surface area (Å²) in [7, 11) is 0. The van der Waals surface area contributed by atoms with Gasteiger partial charge in [0.1, 0.15) is 11.2 Å². The normalized spacial score (nSPS) is 11.9. The van der Waals surface area contributed by atoms with Gasteiger partial charge in [-0.25, -0.2) is 0 Å². The molecule has 0 aliphatic heterocycles. The fourth-order valence-corrected chi connectivity index (χ4v) is 9.25. The minimum atomic E-state index is 0.882. The van der Waals surface area contributed by atoms with Crippen LogP contribution in [0.4, 0.5) is 0 Å². The lowest BCUT2D eigenvalue weighted by Gasteiger charge is -2.14. The van der Waals surface area contributed by atoms with Gasteiger partial charge >= 0.3 is 0 Å². The molecule has 0 bridgehead atoms. The molecule has 3 heterocycles. The molecular weight excluding hydrogens is 693 g/mol. The van der Waals surface area contributed by atoms with Gasteiger partial charge < -0.3 is 13.6 Å². The van der Waals surface area contributed by atoms with Crippen LogP contribution < -0.4 is 0 Å². The van der Waals surface area contributed by atoms with Gasteiger partial charge in [-0.2, -0.15) is 0 Å². The van der Waals surface area contributed by atoms with Crippen LogP contribution in [0.5, 0.6) is 0 Å². The van der Waals surface area contributed by atoms with E-state index in [1.54, 1.807) is 0 Å². The second-order valence-corrected chi connectivity index (χ2v) is 14.8. The molecule has 266 valence electrons. The van der Waals surface area contributed by atoms with E-state index >= 15 is 0 Å². The van der Waals surface area contributed by atoms with Crippen molar-refractivity contribution < 1.29 is 4.42 Å². The summed E-state index contributed by atoms with van der Waals surface area (Å²) in [6.45, 7) is 0. The van der Waals surface area contributed by atoms with E-state index in [0.717, 1.165) is 33.1 Å². The number of aromatic nitrogens is 2. The van der Waals surface area contributed by atoms with Gasteiger partial charge in [-0.3, -0.25) is 0 Å². The molecule has 0 unspecified atom stereocenters. The maximum absolute atomic E-state index is 6.56. The number of hydrogen-bond acceptors (Lipinski definition) is 1. The Morgan fingerprint density at radius 3 is 1.39 bits per heavy atom. The van der Waals surface area contributed by atoms with Gasteiger partial charge in [-0.1, -0.05) is 146 Å². The predicted octanol–water partition coefficient (Wildman–Crippen LogP) is 14.8. The van der Waals surface area contributed by atoms with Crippen LogP contribution in [0, 0.1) is 0 Å². The van der Waals surface area contributed by atoms with Crippen molar-refractivity contribution in [2.45, 2.75) is 0 Å². The van der Waals surface area contributed by atoms with Crippen molar-refractivity contribution in [1.29, 1.82) is 0 Å². The quantitative estimate of drug-likeness (QED) is 0.173. The number of fused-ring (bicyclic) bond motifs is 9. The Hall–Kier alpha value is -7.62. The Morgan fingerprint density at radius 1 is 0.281 bits per heavy atom. The van der Waals surface area contributed by atoms with Crippen LogP contribution in [0.15, 0.2) is 211 Å². The molecular formula is C54H34N2O. The van der Waals surface area contributed by atoms with E-state index < -0.39 is 0 Å². The first-order valence-corrected chi connectivity index (χ1v) is 19.5. The van der Waals surface area contributed by atoms with Crippen LogP contribution in [-0.4, -0.2) is 9.13 Å². The molecule has 0 N–H and O–H groups in total.